The van der Waals surface area contributed by atoms with Gasteiger partial charge in [-0.25, -0.2) is 9.97 Å². The molecule has 0 radical (unpaired) electrons. The van der Waals surface area contributed by atoms with Gasteiger partial charge < -0.3 is 19.6 Å². The van der Waals surface area contributed by atoms with Gasteiger partial charge in [0.05, 0.1) is 12.3 Å². The molecular formula is C27H33F3N4O4Si. The van der Waals surface area contributed by atoms with Crippen LogP contribution in [0.15, 0.2) is 30.6 Å². The maximum absolute atomic E-state index is 13.6. The van der Waals surface area contributed by atoms with Crippen LogP contribution in [-0.4, -0.2) is 52.3 Å². The number of rotatable bonds is 11. The summed E-state index contributed by atoms with van der Waals surface area (Å²) >= 11 is 0. The number of alkyl halides is 3. The summed E-state index contributed by atoms with van der Waals surface area (Å²) in [5.41, 5.74) is 0.620. The lowest BCUT2D eigenvalue weighted by Gasteiger charge is -2.36. The molecule has 210 valence electrons. The van der Waals surface area contributed by atoms with Crippen molar-refractivity contribution in [3.8, 4) is 28.5 Å². The van der Waals surface area contributed by atoms with E-state index in [-0.39, 0.29) is 30.4 Å². The lowest BCUT2D eigenvalue weighted by Crippen LogP contribution is -2.43. The van der Waals surface area contributed by atoms with Crippen molar-refractivity contribution in [1.82, 2.24) is 19.9 Å². The van der Waals surface area contributed by atoms with Crippen molar-refractivity contribution in [1.29, 1.82) is 0 Å². The van der Waals surface area contributed by atoms with Gasteiger partial charge in [-0.05, 0) is 37.4 Å². The summed E-state index contributed by atoms with van der Waals surface area (Å²) in [5.74, 6) is -0.503. The summed E-state index contributed by atoms with van der Waals surface area (Å²) < 4.78 is 52.1. The standard InChI is InChI=1S/C27H33F3N4O4Si/c1-17-12-22(38-16-26(25(35)36)8-5-9-26)32-14-19(17)18-6-7-20(31-13-18)24-33-21(23(34-24)27(28,29)30)15-37-10-11-39(2,3)4/h6-7,12-14H,5,8-11,15-16H2,1-4H3,(H,33,34)(H,35,36). The van der Waals surface area contributed by atoms with Crippen molar-refractivity contribution in [2.75, 3.05) is 13.2 Å². The largest absolute Gasteiger partial charge is 0.481 e. The van der Waals surface area contributed by atoms with Gasteiger partial charge in [0, 0.05) is 44.3 Å². The first-order valence-electron chi connectivity index (χ1n) is 12.8. The number of H-pyrrole nitrogens is 1. The Morgan fingerprint density at radius 2 is 1.92 bits per heavy atom. The average molecular weight is 563 g/mol. The second-order valence-corrected chi connectivity index (χ2v) is 16.9. The number of nitrogens with one attached hydrogen (secondary N) is 1. The molecule has 0 atom stereocenters. The fourth-order valence-electron chi connectivity index (χ4n) is 4.26. The fourth-order valence-corrected chi connectivity index (χ4v) is 5.02. The van der Waals surface area contributed by atoms with E-state index in [0.717, 1.165) is 23.6 Å². The molecule has 12 heteroatoms. The maximum atomic E-state index is 13.6. The predicted octanol–water partition coefficient (Wildman–Crippen LogP) is 6.35. The lowest BCUT2D eigenvalue weighted by atomic mass is 9.69. The predicted molar refractivity (Wildman–Crippen MR) is 142 cm³/mol. The number of carboxylic acid groups (broad SMARTS) is 1. The quantitative estimate of drug-likeness (QED) is 0.207. The molecule has 0 aromatic carbocycles. The molecule has 3 aromatic heterocycles. The first kappa shape index (κ1) is 28.7. The monoisotopic (exact) mass is 562 g/mol. The van der Waals surface area contributed by atoms with E-state index in [2.05, 4.69) is 39.6 Å². The van der Waals surface area contributed by atoms with Gasteiger partial charge in [-0.1, -0.05) is 32.1 Å². The summed E-state index contributed by atoms with van der Waals surface area (Å²) in [5, 5.41) is 9.47. The molecular weight excluding hydrogens is 529 g/mol. The highest BCUT2D eigenvalue weighted by atomic mass is 28.3. The molecule has 0 saturated heterocycles. The molecule has 4 rings (SSSR count). The minimum Gasteiger partial charge on any atom is -0.481 e. The number of carbonyl (C=O) groups is 1. The Bertz CT molecular complexity index is 1320. The number of carboxylic acids is 1. The summed E-state index contributed by atoms with van der Waals surface area (Å²) in [4.78, 5) is 26.7. The van der Waals surface area contributed by atoms with E-state index in [9.17, 15) is 23.1 Å². The van der Waals surface area contributed by atoms with Crippen molar-refractivity contribution >= 4 is 14.0 Å². The molecule has 39 heavy (non-hydrogen) atoms. The van der Waals surface area contributed by atoms with E-state index in [4.69, 9.17) is 9.47 Å². The van der Waals surface area contributed by atoms with Crippen LogP contribution in [0.3, 0.4) is 0 Å². The summed E-state index contributed by atoms with van der Waals surface area (Å²) in [6, 6.07) is 5.92. The molecule has 8 nitrogen and oxygen atoms in total. The van der Waals surface area contributed by atoms with Gasteiger partial charge in [0.15, 0.2) is 11.5 Å². The van der Waals surface area contributed by atoms with Crippen LogP contribution in [0, 0.1) is 12.3 Å². The van der Waals surface area contributed by atoms with Gasteiger partial charge >= 0.3 is 12.1 Å². The average Bonchev–Trinajstić information content (AvgIpc) is 3.26. The van der Waals surface area contributed by atoms with Gasteiger partial charge in [-0.3, -0.25) is 9.78 Å². The number of pyridine rings is 2. The Labute approximate surface area is 226 Å². The van der Waals surface area contributed by atoms with E-state index in [0.29, 0.717) is 30.9 Å². The molecule has 0 spiro atoms. The number of imidazole rings is 1. The third kappa shape index (κ3) is 6.85. The van der Waals surface area contributed by atoms with Crippen molar-refractivity contribution < 1.29 is 32.5 Å². The highest BCUT2D eigenvalue weighted by molar-refractivity contribution is 6.76. The van der Waals surface area contributed by atoms with Gasteiger partial charge in [-0.15, -0.1) is 0 Å². The number of aromatic amines is 1. The smallest absolute Gasteiger partial charge is 0.435 e. The van der Waals surface area contributed by atoms with Gasteiger partial charge in [0.1, 0.15) is 17.7 Å². The number of ether oxygens (including phenoxy) is 2. The Hall–Kier alpha value is -3.25. The fraction of sp³-hybridized carbons (Fsp3) is 0.481. The molecule has 0 aliphatic heterocycles. The number of aromatic nitrogens is 4. The first-order chi connectivity index (χ1) is 18.3. The van der Waals surface area contributed by atoms with Crippen LogP contribution < -0.4 is 4.74 Å². The highest BCUT2D eigenvalue weighted by Gasteiger charge is 2.45. The lowest BCUT2D eigenvalue weighted by molar-refractivity contribution is -0.157. The number of aryl methyl sites for hydroxylation is 1. The van der Waals surface area contributed by atoms with Crippen LogP contribution in [0.5, 0.6) is 5.88 Å². The molecule has 3 aromatic rings. The van der Waals surface area contributed by atoms with Crippen LogP contribution in [0.25, 0.3) is 22.6 Å². The van der Waals surface area contributed by atoms with Crippen LogP contribution in [-0.2, 0) is 22.3 Å². The second kappa shape index (κ2) is 11.1. The highest BCUT2D eigenvalue weighted by Crippen LogP contribution is 2.41. The number of hydrogen-bond donors (Lipinski definition) is 2. The minimum absolute atomic E-state index is 0.0135. The number of aliphatic carboxylic acids is 1. The Morgan fingerprint density at radius 3 is 2.46 bits per heavy atom. The van der Waals surface area contributed by atoms with E-state index < -0.39 is 31.3 Å². The molecule has 1 fully saturated rings. The van der Waals surface area contributed by atoms with Gasteiger partial charge in [0.25, 0.3) is 0 Å². The molecule has 3 heterocycles. The molecule has 1 aliphatic rings. The zero-order valence-corrected chi connectivity index (χ0v) is 23.5. The third-order valence-electron chi connectivity index (χ3n) is 6.95. The zero-order chi connectivity index (χ0) is 28.4. The Kier molecular flexibility index (Phi) is 8.17. The van der Waals surface area contributed by atoms with Crippen molar-refractivity contribution in [3.63, 3.8) is 0 Å². The van der Waals surface area contributed by atoms with Crippen LogP contribution in [0.4, 0.5) is 13.2 Å². The Balaban J connectivity index is 1.47. The van der Waals surface area contributed by atoms with E-state index in [1.54, 1.807) is 30.6 Å². The van der Waals surface area contributed by atoms with Gasteiger partial charge in [0.2, 0.25) is 5.88 Å². The van der Waals surface area contributed by atoms with Crippen LogP contribution in [0.2, 0.25) is 25.7 Å². The van der Waals surface area contributed by atoms with Crippen molar-refractivity contribution in [2.45, 2.75) is 64.7 Å². The normalized spacial score (nSPS) is 15.2. The zero-order valence-electron chi connectivity index (χ0n) is 22.5. The third-order valence-corrected chi connectivity index (χ3v) is 8.66. The number of nitrogens with zero attached hydrogens (tertiary/aromatic N) is 3. The van der Waals surface area contributed by atoms with Gasteiger partial charge in [-0.2, -0.15) is 13.2 Å². The molecule has 0 bridgehead atoms. The number of halogens is 3. The van der Waals surface area contributed by atoms with Crippen molar-refractivity contribution in [2.24, 2.45) is 5.41 Å². The molecule has 0 amide bonds. The maximum Gasteiger partial charge on any atom is 0.435 e. The van der Waals surface area contributed by atoms with E-state index in [1.807, 2.05) is 6.92 Å². The van der Waals surface area contributed by atoms with Crippen molar-refractivity contribution in [3.05, 3.63) is 47.5 Å². The first-order valence-corrected chi connectivity index (χ1v) is 16.5. The molecule has 0 unspecified atom stereocenters. The SMILES string of the molecule is Cc1cc(OCC2(C(=O)O)CCC2)ncc1-c1ccc(-c2nc(C(F)(F)F)c(COCC[Si](C)(C)C)[nH]2)nc1. The topological polar surface area (TPSA) is 110 Å². The van der Waals surface area contributed by atoms with E-state index in [1.165, 1.54) is 0 Å². The van der Waals surface area contributed by atoms with Crippen LogP contribution >= 0.6 is 0 Å². The van der Waals surface area contributed by atoms with E-state index >= 15 is 0 Å². The summed E-state index contributed by atoms with van der Waals surface area (Å²) in [6.45, 7) is 8.64. The second-order valence-electron chi connectivity index (χ2n) is 11.3. The van der Waals surface area contributed by atoms with Crippen LogP contribution in [0.1, 0.15) is 36.2 Å². The number of hydrogen-bond acceptors (Lipinski definition) is 6. The summed E-state index contributed by atoms with van der Waals surface area (Å²) in [6.07, 6.45) is 0.581. The minimum atomic E-state index is -4.62. The Morgan fingerprint density at radius 1 is 1.18 bits per heavy atom. The molecule has 2 N–H and O–H groups in total. The molecule has 1 aliphatic carbocycles. The summed E-state index contributed by atoms with van der Waals surface area (Å²) in [7, 11) is -1.37. The molecule has 1 saturated carbocycles.